The monoisotopic (exact) mass is 420 g/mol. The summed E-state index contributed by atoms with van der Waals surface area (Å²) >= 11 is 13.2. The number of hydrogen-bond donors (Lipinski definition) is 2. The van der Waals surface area contributed by atoms with Crippen molar-refractivity contribution in [2.24, 2.45) is 5.14 Å². The second-order valence-corrected chi connectivity index (χ2v) is 9.69. The highest BCUT2D eigenvalue weighted by Crippen LogP contribution is 2.25. The Morgan fingerprint density at radius 2 is 1.88 bits per heavy atom. The molecule has 1 fully saturated rings. The molecule has 6 nitrogen and oxygen atoms in total. The molecule has 1 aliphatic heterocycles. The number of anilines is 1. The van der Waals surface area contributed by atoms with Crippen LogP contribution in [0.25, 0.3) is 0 Å². The number of rotatable bonds is 5. The molecule has 0 spiro atoms. The highest BCUT2D eigenvalue weighted by Gasteiger charge is 2.21. The van der Waals surface area contributed by atoms with Gasteiger partial charge in [-0.15, -0.1) is 0 Å². The molecule has 3 rings (SSSR count). The minimum Gasteiger partial charge on any atom is -0.359 e. The Hall–Kier alpha value is -0.900. The van der Waals surface area contributed by atoms with Gasteiger partial charge in [-0.1, -0.05) is 34.5 Å². The molecule has 0 bridgehead atoms. The van der Waals surface area contributed by atoms with Crippen LogP contribution in [0.2, 0.25) is 10.0 Å². The highest BCUT2D eigenvalue weighted by molar-refractivity contribution is 7.91. The first-order valence-electron chi connectivity index (χ1n) is 7.72. The second kappa shape index (κ2) is 7.77. The minimum atomic E-state index is -3.69. The van der Waals surface area contributed by atoms with Gasteiger partial charge in [0.05, 0.1) is 6.20 Å². The minimum absolute atomic E-state index is 0.0743. The van der Waals surface area contributed by atoms with Crippen LogP contribution in [0.1, 0.15) is 18.4 Å². The molecule has 0 saturated carbocycles. The van der Waals surface area contributed by atoms with Crippen LogP contribution in [-0.4, -0.2) is 37.4 Å². The molecule has 2 aromatic rings. The van der Waals surface area contributed by atoms with Gasteiger partial charge in [-0.2, -0.15) is 0 Å². The van der Waals surface area contributed by atoms with Gasteiger partial charge in [0.2, 0.25) is 10.0 Å². The van der Waals surface area contributed by atoms with Crippen molar-refractivity contribution in [2.75, 3.05) is 18.4 Å². The normalized spacial score (nSPS) is 16.9. The van der Waals surface area contributed by atoms with Gasteiger partial charge < -0.3 is 5.32 Å². The number of nitrogens with two attached hydrogens (primary N) is 1. The van der Waals surface area contributed by atoms with E-state index in [2.05, 4.69) is 15.2 Å². The van der Waals surface area contributed by atoms with Crippen molar-refractivity contribution < 1.29 is 8.42 Å². The van der Waals surface area contributed by atoms with Crippen LogP contribution in [0, 0.1) is 0 Å². The van der Waals surface area contributed by atoms with Crippen molar-refractivity contribution in [3.63, 3.8) is 0 Å². The summed E-state index contributed by atoms with van der Waals surface area (Å²) < 4.78 is 22.7. The van der Waals surface area contributed by atoms with Crippen LogP contribution in [-0.2, 0) is 16.6 Å². The number of likely N-dealkylation sites (tertiary alicyclic amines) is 1. The van der Waals surface area contributed by atoms with E-state index in [1.807, 2.05) is 12.1 Å². The third kappa shape index (κ3) is 5.29. The maximum Gasteiger partial charge on any atom is 0.249 e. The zero-order valence-corrected chi connectivity index (χ0v) is 16.4. The number of nitrogens with one attached hydrogen (secondary N) is 1. The molecule has 2 heterocycles. The first-order chi connectivity index (χ1) is 11.8. The van der Waals surface area contributed by atoms with E-state index in [0.29, 0.717) is 15.2 Å². The van der Waals surface area contributed by atoms with Gasteiger partial charge in [-0.25, -0.2) is 18.5 Å². The van der Waals surface area contributed by atoms with E-state index in [9.17, 15) is 8.42 Å². The average Bonchev–Trinajstić information content (AvgIpc) is 2.97. The first-order valence-corrected chi connectivity index (χ1v) is 10.8. The summed E-state index contributed by atoms with van der Waals surface area (Å²) in [7, 11) is -3.69. The van der Waals surface area contributed by atoms with E-state index in [1.54, 1.807) is 6.07 Å². The summed E-state index contributed by atoms with van der Waals surface area (Å²) in [5.41, 5.74) is 1.10. The summed E-state index contributed by atoms with van der Waals surface area (Å²) in [6.45, 7) is 2.66. The highest BCUT2D eigenvalue weighted by atomic mass is 35.5. The Balaban J connectivity index is 1.52. The summed E-state index contributed by atoms with van der Waals surface area (Å²) in [6, 6.07) is 5.86. The van der Waals surface area contributed by atoms with Gasteiger partial charge in [0, 0.05) is 35.7 Å². The topological polar surface area (TPSA) is 88.3 Å². The predicted molar refractivity (Wildman–Crippen MR) is 102 cm³/mol. The van der Waals surface area contributed by atoms with Crippen molar-refractivity contribution >= 4 is 49.7 Å². The zero-order valence-electron chi connectivity index (χ0n) is 13.3. The molecule has 0 atom stereocenters. The molecule has 0 radical (unpaired) electrons. The lowest BCUT2D eigenvalue weighted by atomic mass is 10.0. The number of thiazole rings is 1. The Bertz CT molecular complexity index is 829. The van der Waals surface area contributed by atoms with Crippen LogP contribution < -0.4 is 10.5 Å². The lowest BCUT2D eigenvalue weighted by Crippen LogP contribution is -2.38. The molecule has 3 N–H and O–H groups in total. The van der Waals surface area contributed by atoms with Crippen LogP contribution in [0.3, 0.4) is 0 Å². The summed E-state index contributed by atoms with van der Waals surface area (Å²) in [5.74, 6) is 0. The van der Waals surface area contributed by atoms with E-state index >= 15 is 0 Å². The van der Waals surface area contributed by atoms with Gasteiger partial charge >= 0.3 is 0 Å². The van der Waals surface area contributed by atoms with Gasteiger partial charge in [0.25, 0.3) is 0 Å². The quantitative estimate of drug-likeness (QED) is 0.774. The fraction of sp³-hybridized carbons (Fsp3) is 0.400. The van der Waals surface area contributed by atoms with E-state index < -0.39 is 10.0 Å². The Labute approximate surface area is 161 Å². The van der Waals surface area contributed by atoms with Gasteiger partial charge in [-0.3, -0.25) is 4.90 Å². The van der Waals surface area contributed by atoms with Crippen molar-refractivity contribution in [3.05, 3.63) is 40.0 Å². The van der Waals surface area contributed by atoms with E-state index in [1.165, 1.54) is 6.20 Å². The first kappa shape index (κ1) is 18.9. The standard InChI is InChI=1S/C15H18Cl2N4O2S2/c16-11-5-10(6-12(17)7-11)9-21-3-1-13(2-4-21)20-15-19-8-14(24-15)25(18,22)23/h5-8,13H,1-4,9H2,(H,19,20)(H2,18,22,23). The maximum atomic E-state index is 11.3. The number of benzene rings is 1. The Kier molecular flexibility index (Phi) is 5.87. The molecule has 10 heteroatoms. The Morgan fingerprint density at radius 1 is 1.24 bits per heavy atom. The SMILES string of the molecule is NS(=O)(=O)c1cnc(NC2CCN(Cc3cc(Cl)cc(Cl)c3)CC2)s1. The second-order valence-electron chi connectivity index (χ2n) is 6.00. The average molecular weight is 421 g/mol. The number of primary sulfonamides is 1. The summed E-state index contributed by atoms with van der Waals surface area (Å²) in [5, 5.41) is 10.3. The fourth-order valence-electron chi connectivity index (χ4n) is 2.83. The van der Waals surface area contributed by atoms with Crippen molar-refractivity contribution in [1.29, 1.82) is 0 Å². The van der Waals surface area contributed by atoms with E-state index in [-0.39, 0.29) is 10.3 Å². The maximum absolute atomic E-state index is 11.3. The van der Waals surface area contributed by atoms with Crippen LogP contribution >= 0.6 is 34.5 Å². The summed E-state index contributed by atoms with van der Waals surface area (Å²) in [4.78, 5) is 6.43. The number of sulfonamides is 1. The van der Waals surface area contributed by atoms with Crippen molar-refractivity contribution in [2.45, 2.75) is 29.6 Å². The van der Waals surface area contributed by atoms with Crippen molar-refractivity contribution in [3.8, 4) is 0 Å². The fourth-order valence-corrected chi connectivity index (χ4v) is 4.93. The molecule has 1 aromatic carbocycles. The predicted octanol–water partition coefficient (Wildman–Crippen LogP) is 3.17. The lowest BCUT2D eigenvalue weighted by molar-refractivity contribution is 0.211. The van der Waals surface area contributed by atoms with E-state index in [4.69, 9.17) is 28.3 Å². The molecular weight excluding hydrogens is 403 g/mol. The van der Waals surface area contributed by atoms with E-state index in [0.717, 1.165) is 49.4 Å². The molecule has 1 aromatic heterocycles. The molecule has 0 aliphatic carbocycles. The van der Waals surface area contributed by atoms with Gasteiger partial charge in [-0.05, 0) is 36.6 Å². The number of hydrogen-bond acceptors (Lipinski definition) is 6. The molecule has 1 aliphatic rings. The third-order valence-electron chi connectivity index (χ3n) is 4.01. The van der Waals surface area contributed by atoms with Gasteiger partial charge in [0.15, 0.2) is 9.34 Å². The summed E-state index contributed by atoms with van der Waals surface area (Å²) in [6.07, 6.45) is 3.18. The number of aromatic nitrogens is 1. The molecule has 0 amide bonds. The van der Waals surface area contributed by atoms with Crippen LogP contribution in [0.4, 0.5) is 5.13 Å². The molecule has 25 heavy (non-hydrogen) atoms. The molecule has 136 valence electrons. The van der Waals surface area contributed by atoms with Crippen molar-refractivity contribution in [1.82, 2.24) is 9.88 Å². The van der Waals surface area contributed by atoms with Crippen LogP contribution in [0.15, 0.2) is 28.6 Å². The zero-order chi connectivity index (χ0) is 18.0. The van der Waals surface area contributed by atoms with Gasteiger partial charge in [0.1, 0.15) is 0 Å². The number of piperidine rings is 1. The smallest absolute Gasteiger partial charge is 0.249 e. The lowest BCUT2D eigenvalue weighted by Gasteiger charge is -2.32. The largest absolute Gasteiger partial charge is 0.359 e. The Morgan fingerprint density at radius 3 is 2.44 bits per heavy atom. The molecule has 0 unspecified atom stereocenters. The molecule has 1 saturated heterocycles. The molecular formula is C15H18Cl2N4O2S2. The van der Waals surface area contributed by atoms with Crippen LogP contribution in [0.5, 0.6) is 0 Å². The third-order valence-corrected chi connectivity index (χ3v) is 6.78. The number of nitrogens with zero attached hydrogens (tertiary/aromatic N) is 2. The number of halogens is 2.